The van der Waals surface area contributed by atoms with Gasteiger partial charge < -0.3 is 21.1 Å². The van der Waals surface area contributed by atoms with Crippen molar-refractivity contribution in [3.05, 3.63) is 29.3 Å². The molecule has 0 heterocycles. The minimum atomic E-state index is -1.02. The number of nitrogens with one attached hydrogen (secondary N) is 3. The average molecular weight is 361 g/mol. The molecule has 142 valence electrons. The minimum Gasteiger partial charge on any atom is -0.478 e. The maximum Gasteiger partial charge on any atom is 0.336 e. The van der Waals surface area contributed by atoms with Crippen molar-refractivity contribution in [1.29, 1.82) is 0 Å². The molecule has 0 spiro atoms. The van der Waals surface area contributed by atoms with Crippen LogP contribution in [-0.2, 0) is 4.79 Å². The summed E-state index contributed by atoms with van der Waals surface area (Å²) in [7, 11) is 0. The molecule has 1 aliphatic carbocycles. The molecule has 0 bridgehead atoms. The van der Waals surface area contributed by atoms with Gasteiger partial charge in [-0.05, 0) is 43.9 Å². The lowest BCUT2D eigenvalue weighted by Crippen LogP contribution is -2.43. The molecule has 1 aromatic carbocycles. The monoisotopic (exact) mass is 361 g/mol. The van der Waals surface area contributed by atoms with Crippen LogP contribution in [-0.4, -0.2) is 35.6 Å². The van der Waals surface area contributed by atoms with Gasteiger partial charge in [0.15, 0.2) is 0 Å². The van der Waals surface area contributed by atoms with Gasteiger partial charge in [0.25, 0.3) is 0 Å². The number of carboxylic acid groups (broad SMARTS) is 1. The number of aryl methyl sites for hydroxylation is 1. The number of rotatable bonds is 7. The summed E-state index contributed by atoms with van der Waals surface area (Å²) in [5.74, 6) is -1.23. The van der Waals surface area contributed by atoms with Crippen molar-refractivity contribution in [2.45, 2.75) is 57.9 Å². The number of anilines is 1. The summed E-state index contributed by atoms with van der Waals surface area (Å²) < 4.78 is 0. The summed E-state index contributed by atoms with van der Waals surface area (Å²) in [4.78, 5) is 34.9. The summed E-state index contributed by atoms with van der Waals surface area (Å²) >= 11 is 0. The van der Waals surface area contributed by atoms with Crippen LogP contribution in [0, 0.1) is 6.92 Å². The highest BCUT2D eigenvalue weighted by Crippen LogP contribution is 2.17. The standard InChI is InChI=1S/C19H27N3O4/c1-13-9-10-15(12-16(13)18(24)25)21-17(23)8-5-11-20-19(26)22-14-6-3-2-4-7-14/h9-10,12,14H,2-8,11H2,1H3,(H,21,23)(H,24,25)(H2,20,22,26). The summed E-state index contributed by atoms with van der Waals surface area (Å²) in [5, 5.41) is 17.5. The second-order valence-electron chi connectivity index (χ2n) is 6.72. The van der Waals surface area contributed by atoms with Crippen LogP contribution in [0.1, 0.15) is 60.9 Å². The molecule has 3 amide bonds. The molecule has 0 radical (unpaired) electrons. The van der Waals surface area contributed by atoms with Crippen LogP contribution >= 0.6 is 0 Å². The first kappa shape index (κ1) is 19.8. The van der Waals surface area contributed by atoms with Gasteiger partial charge in [0.05, 0.1) is 5.56 Å². The number of amides is 3. The first-order valence-corrected chi connectivity index (χ1v) is 9.14. The molecule has 26 heavy (non-hydrogen) atoms. The first-order valence-electron chi connectivity index (χ1n) is 9.14. The fraction of sp³-hybridized carbons (Fsp3) is 0.526. The summed E-state index contributed by atoms with van der Waals surface area (Å²) in [6.45, 7) is 2.12. The molecule has 7 heteroatoms. The van der Waals surface area contributed by atoms with Crippen molar-refractivity contribution in [2.24, 2.45) is 0 Å². The van der Waals surface area contributed by atoms with Crippen molar-refractivity contribution in [2.75, 3.05) is 11.9 Å². The van der Waals surface area contributed by atoms with Crippen molar-refractivity contribution < 1.29 is 19.5 Å². The highest BCUT2D eigenvalue weighted by molar-refractivity contribution is 5.94. The number of hydrogen-bond donors (Lipinski definition) is 4. The van der Waals surface area contributed by atoms with E-state index in [2.05, 4.69) is 16.0 Å². The Morgan fingerprint density at radius 3 is 2.58 bits per heavy atom. The Hall–Kier alpha value is -2.57. The van der Waals surface area contributed by atoms with Crippen LogP contribution in [0.5, 0.6) is 0 Å². The van der Waals surface area contributed by atoms with Gasteiger partial charge >= 0.3 is 12.0 Å². The molecule has 0 saturated heterocycles. The Kier molecular flexibility index (Phi) is 7.44. The Balaban J connectivity index is 1.66. The minimum absolute atomic E-state index is 0.170. The van der Waals surface area contributed by atoms with E-state index < -0.39 is 5.97 Å². The van der Waals surface area contributed by atoms with Crippen molar-refractivity contribution >= 4 is 23.6 Å². The lowest BCUT2D eigenvalue weighted by Gasteiger charge is -2.22. The second kappa shape index (κ2) is 9.79. The molecule has 1 saturated carbocycles. The van der Waals surface area contributed by atoms with Gasteiger partial charge in [0, 0.05) is 24.7 Å². The van der Waals surface area contributed by atoms with E-state index in [1.807, 2.05) is 0 Å². The van der Waals surface area contributed by atoms with E-state index in [-0.39, 0.29) is 30.0 Å². The van der Waals surface area contributed by atoms with Gasteiger partial charge in [-0.3, -0.25) is 4.79 Å². The number of carboxylic acids is 1. The zero-order valence-corrected chi connectivity index (χ0v) is 15.1. The molecule has 7 nitrogen and oxygen atoms in total. The second-order valence-corrected chi connectivity index (χ2v) is 6.72. The van der Waals surface area contributed by atoms with Gasteiger partial charge in [-0.1, -0.05) is 25.3 Å². The van der Waals surface area contributed by atoms with Gasteiger partial charge in [-0.15, -0.1) is 0 Å². The Morgan fingerprint density at radius 1 is 1.15 bits per heavy atom. The molecular formula is C19H27N3O4. The summed E-state index contributed by atoms with van der Waals surface area (Å²) in [5.41, 5.74) is 1.27. The SMILES string of the molecule is Cc1ccc(NC(=O)CCCNC(=O)NC2CCCCC2)cc1C(=O)O. The fourth-order valence-electron chi connectivity index (χ4n) is 3.09. The maximum absolute atomic E-state index is 12.0. The molecule has 0 aromatic heterocycles. The Morgan fingerprint density at radius 2 is 1.88 bits per heavy atom. The number of urea groups is 1. The quantitative estimate of drug-likeness (QED) is 0.560. The van der Waals surface area contributed by atoms with Crippen molar-refractivity contribution in [1.82, 2.24) is 10.6 Å². The van der Waals surface area contributed by atoms with E-state index in [4.69, 9.17) is 5.11 Å². The fourth-order valence-corrected chi connectivity index (χ4v) is 3.09. The number of carbonyl (C=O) groups is 3. The Bertz CT molecular complexity index is 654. The Labute approximate surface area is 153 Å². The third-order valence-electron chi connectivity index (χ3n) is 4.56. The maximum atomic E-state index is 12.0. The van der Waals surface area contributed by atoms with Crippen LogP contribution in [0.3, 0.4) is 0 Å². The predicted octanol–water partition coefficient (Wildman–Crippen LogP) is 3.04. The van der Waals surface area contributed by atoms with Crippen LogP contribution in [0.25, 0.3) is 0 Å². The third kappa shape index (κ3) is 6.38. The molecule has 1 aliphatic rings. The normalized spacial score (nSPS) is 14.5. The van der Waals surface area contributed by atoms with E-state index in [0.29, 0.717) is 24.2 Å². The topological polar surface area (TPSA) is 108 Å². The molecule has 2 rings (SSSR count). The summed E-state index contributed by atoms with van der Waals surface area (Å²) in [6.07, 6.45) is 6.39. The van der Waals surface area contributed by atoms with Crippen LogP contribution in [0.4, 0.5) is 10.5 Å². The van der Waals surface area contributed by atoms with E-state index >= 15 is 0 Å². The van der Waals surface area contributed by atoms with Crippen LogP contribution in [0.2, 0.25) is 0 Å². The number of hydrogen-bond acceptors (Lipinski definition) is 3. The average Bonchev–Trinajstić information content (AvgIpc) is 2.61. The van der Waals surface area contributed by atoms with E-state index in [1.165, 1.54) is 12.5 Å². The van der Waals surface area contributed by atoms with Gasteiger partial charge in [0.1, 0.15) is 0 Å². The molecule has 4 N–H and O–H groups in total. The van der Waals surface area contributed by atoms with Gasteiger partial charge in [0.2, 0.25) is 5.91 Å². The smallest absolute Gasteiger partial charge is 0.336 e. The van der Waals surface area contributed by atoms with E-state index in [1.54, 1.807) is 19.1 Å². The van der Waals surface area contributed by atoms with Crippen LogP contribution < -0.4 is 16.0 Å². The largest absolute Gasteiger partial charge is 0.478 e. The van der Waals surface area contributed by atoms with E-state index in [9.17, 15) is 14.4 Å². The molecule has 1 aromatic rings. The molecule has 1 fully saturated rings. The summed E-state index contributed by atoms with van der Waals surface area (Å²) in [6, 6.07) is 4.87. The lowest BCUT2D eigenvalue weighted by molar-refractivity contribution is -0.116. The number of carbonyl (C=O) groups excluding carboxylic acids is 2. The van der Waals surface area contributed by atoms with E-state index in [0.717, 1.165) is 25.7 Å². The predicted molar refractivity (Wildman–Crippen MR) is 99.4 cm³/mol. The first-order chi connectivity index (χ1) is 12.5. The molecule has 0 atom stereocenters. The van der Waals surface area contributed by atoms with Gasteiger partial charge in [-0.2, -0.15) is 0 Å². The molecule has 0 unspecified atom stereocenters. The molecule has 0 aliphatic heterocycles. The number of benzene rings is 1. The highest BCUT2D eigenvalue weighted by Gasteiger charge is 2.15. The van der Waals surface area contributed by atoms with Crippen molar-refractivity contribution in [3.63, 3.8) is 0 Å². The van der Waals surface area contributed by atoms with Crippen LogP contribution in [0.15, 0.2) is 18.2 Å². The lowest BCUT2D eigenvalue weighted by atomic mass is 9.96. The molecular weight excluding hydrogens is 334 g/mol. The number of aromatic carboxylic acids is 1. The highest BCUT2D eigenvalue weighted by atomic mass is 16.4. The van der Waals surface area contributed by atoms with Gasteiger partial charge in [-0.25, -0.2) is 9.59 Å². The van der Waals surface area contributed by atoms with Crippen molar-refractivity contribution in [3.8, 4) is 0 Å². The zero-order chi connectivity index (χ0) is 18.9. The third-order valence-corrected chi connectivity index (χ3v) is 4.56. The zero-order valence-electron chi connectivity index (χ0n) is 15.1.